The Bertz CT molecular complexity index is 602. The van der Waals surface area contributed by atoms with Crippen molar-refractivity contribution in [3.05, 3.63) is 41.7 Å². The number of carbonyl (C=O) groups excluding carboxylic acids is 1. The molecule has 1 aromatic heterocycles. The molecule has 1 atom stereocenters. The lowest BCUT2D eigenvalue weighted by molar-refractivity contribution is -0.122. The fourth-order valence-electron chi connectivity index (χ4n) is 1.84. The highest BCUT2D eigenvalue weighted by atomic mass is 16.5. The van der Waals surface area contributed by atoms with Crippen LogP contribution in [0.5, 0.6) is 5.75 Å². The molecular weight excluding hydrogens is 268 g/mol. The van der Waals surface area contributed by atoms with Gasteiger partial charge in [-0.1, -0.05) is 31.1 Å². The molecule has 0 spiro atoms. The van der Waals surface area contributed by atoms with Gasteiger partial charge in [-0.15, -0.1) is 0 Å². The number of nitrogens with one attached hydrogen (secondary N) is 1. The van der Waals surface area contributed by atoms with E-state index in [-0.39, 0.29) is 5.91 Å². The van der Waals surface area contributed by atoms with Gasteiger partial charge < -0.3 is 14.6 Å². The molecule has 0 bridgehead atoms. The van der Waals surface area contributed by atoms with Gasteiger partial charge in [-0.2, -0.15) is 0 Å². The maximum Gasteiger partial charge on any atom is 0.266 e. The van der Waals surface area contributed by atoms with Gasteiger partial charge in [0, 0.05) is 6.07 Å². The highest BCUT2D eigenvalue weighted by Crippen LogP contribution is 2.19. The second-order valence-electron chi connectivity index (χ2n) is 5.30. The molecule has 0 aliphatic rings. The quantitative estimate of drug-likeness (QED) is 0.914. The summed E-state index contributed by atoms with van der Waals surface area (Å²) in [5, 5.41) is 6.36. The Morgan fingerprint density at radius 2 is 1.90 bits per heavy atom. The molecule has 0 aliphatic carbocycles. The zero-order valence-electron chi connectivity index (χ0n) is 12.7. The van der Waals surface area contributed by atoms with E-state index in [4.69, 9.17) is 9.26 Å². The Labute approximate surface area is 124 Å². The van der Waals surface area contributed by atoms with Gasteiger partial charge in [-0.3, -0.25) is 4.79 Å². The molecule has 0 fully saturated rings. The lowest BCUT2D eigenvalue weighted by atomic mass is 10.0. The Kier molecular flexibility index (Phi) is 4.62. The minimum atomic E-state index is -0.619. The second kappa shape index (κ2) is 6.43. The van der Waals surface area contributed by atoms with Crippen molar-refractivity contribution < 1.29 is 14.1 Å². The summed E-state index contributed by atoms with van der Waals surface area (Å²) >= 11 is 0. The minimum absolute atomic E-state index is 0.267. The number of ether oxygens (including phenoxy) is 1. The average molecular weight is 288 g/mol. The molecule has 5 nitrogen and oxygen atoms in total. The lowest BCUT2D eigenvalue weighted by Crippen LogP contribution is -2.30. The minimum Gasteiger partial charge on any atom is -0.481 e. The van der Waals surface area contributed by atoms with Gasteiger partial charge in [0.25, 0.3) is 5.91 Å². The zero-order chi connectivity index (χ0) is 15.4. The van der Waals surface area contributed by atoms with E-state index in [0.717, 1.165) is 0 Å². The number of hydrogen-bond donors (Lipinski definition) is 1. The third-order valence-electron chi connectivity index (χ3n) is 3.11. The lowest BCUT2D eigenvalue weighted by Gasteiger charge is -2.14. The van der Waals surface area contributed by atoms with Crippen molar-refractivity contribution in [3.8, 4) is 5.75 Å². The van der Waals surface area contributed by atoms with E-state index in [2.05, 4.69) is 24.3 Å². The maximum absolute atomic E-state index is 12.0. The van der Waals surface area contributed by atoms with Gasteiger partial charge >= 0.3 is 0 Å². The van der Waals surface area contributed by atoms with E-state index in [1.165, 1.54) is 5.56 Å². The van der Waals surface area contributed by atoms with E-state index in [9.17, 15) is 4.79 Å². The van der Waals surface area contributed by atoms with Crippen LogP contribution in [0.25, 0.3) is 0 Å². The van der Waals surface area contributed by atoms with Gasteiger partial charge in [0.1, 0.15) is 11.5 Å². The number of anilines is 1. The molecule has 1 N–H and O–H groups in total. The molecule has 2 rings (SSSR count). The summed E-state index contributed by atoms with van der Waals surface area (Å²) in [6.45, 7) is 7.72. The van der Waals surface area contributed by atoms with Crippen LogP contribution in [0.2, 0.25) is 0 Å². The Morgan fingerprint density at radius 1 is 1.24 bits per heavy atom. The number of rotatable bonds is 5. The van der Waals surface area contributed by atoms with Crippen molar-refractivity contribution in [2.45, 2.75) is 39.7 Å². The average Bonchev–Trinajstić information content (AvgIpc) is 2.84. The fraction of sp³-hybridized carbons (Fsp3) is 0.375. The summed E-state index contributed by atoms with van der Waals surface area (Å²) in [5.41, 5.74) is 1.23. The SMILES string of the molecule is Cc1cc(NC(=O)[C@@H](C)Oc2ccc(C(C)C)cc2)no1. The van der Waals surface area contributed by atoms with Crippen LogP contribution in [0, 0.1) is 6.92 Å². The largest absolute Gasteiger partial charge is 0.481 e. The van der Waals surface area contributed by atoms with E-state index in [1.807, 2.05) is 24.3 Å². The third kappa shape index (κ3) is 4.08. The maximum atomic E-state index is 12.0. The third-order valence-corrected chi connectivity index (χ3v) is 3.11. The summed E-state index contributed by atoms with van der Waals surface area (Å²) in [6, 6.07) is 9.41. The molecule has 0 saturated heterocycles. The monoisotopic (exact) mass is 288 g/mol. The molecule has 1 aromatic carbocycles. The van der Waals surface area contributed by atoms with Gasteiger partial charge in [-0.05, 0) is 37.5 Å². The molecule has 5 heteroatoms. The van der Waals surface area contributed by atoms with Gasteiger partial charge in [0.05, 0.1) is 0 Å². The molecule has 2 aromatic rings. The van der Waals surface area contributed by atoms with Crippen LogP contribution in [0.1, 0.15) is 38.0 Å². The number of hydrogen-bond acceptors (Lipinski definition) is 4. The van der Waals surface area contributed by atoms with Crippen molar-refractivity contribution in [1.82, 2.24) is 5.16 Å². The first-order valence-corrected chi connectivity index (χ1v) is 6.96. The highest BCUT2D eigenvalue weighted by Gasteiger charge is 2.16. The summed E-state index contributed by atoms with van der Waals surface area (Å²) < 4.78 is 10.5. The predicted octanol–water partition coefficient (Wildman–Crippen LogP) is 3.51. The van der Waals surface area contributed by atoms with Crippen LogP contribution in [0.15, 0.2) is 34.9 Å². The molecule has 112 valence electrons. The van der Waals surface area contributed by atoms with Crippen LogP contribution in [0.3, 0.4) is 0 Å². The topological polar surface area (TPSA) is 64.4 Å². The van der Waals surface area contributed by atoms with Gasteiger partial charge in [0.2, 0.25) is 0 Å². The first-order valence-electron chi connectivity index (χ1n) is 6.96. The van der Waals surface area contributed by atoms with Crippen LogP contribution in [-0.4, -0.2) is 17.2 Å². The van der Waals surface area contributed by atoms with Crippen molar-refractivity contribution in [1.29, 1.82) is 0 Å². The fourth-order valence-corrected chi connectivity index (χ4v) is 1.84. The smallest absolute Gasteiger partial charge is 0.266 e. The van der Waals surface area contributed by atoms with E-state index in [0.29, 0.717) is 23.2 Å². The van der Waals surface area contributed by atoms with Crippen LogP contribution in [0.4, 0.5) is 5.82 Å². The molecule has 0 saturated carbocycles. The Morgan fingerprint density at radius 3 is 2.43 bits per heavy atom. The molecule has 0 unspecified atom stereocenters. The standard InChI is InChI=1S/C16H20N2O3/c1-10(2)13-5-7-14(8-6-13)20-12(4)16(19)17-15-9-11(3)21-18-15/h5-10,12H,1-4H3,(H,17,18,19)/t12-/m1/s1. The zero-order valence-corrected chi connectivity index (χ0v) is 12.7. The van der Waals surface area contributed by atoms with E-state index in [1.54, 1.807) is 19.9 Å². The molecular formula is C16H20N2O3. The van der Waals surface area contributed by atoms with Crippen molar-refractivity contribution in [3.63, 3.8) is 0 Å². The number of aromatic nitrogens is 1. The first kappa shape index (κ1) is 15.1. The Hall–Kier alpha value is -2.30. The van der Waals surface area contributed by atoms with Gasteiger partial charge in [0.15, 0.2) is 11.9 Å². The van der Waals surface area contributed by atoms with Crippen molar-refractivity contribution >= 4 is 11.7 Å². The first-order chi connectivity index (χ1) is 9.95. The molecule has 0 radical (unpaired) electrons. The van der Waals surface area contributed by atoms with Gasteiger partial charge in [-0.25, -0.2) is 0 Å². The molecule has 1 amide bonds. The number of aryl methyl sites for hydroxylation is 1. The normalized spacial score (nSPS) is 12.2. The summed E-state index contributed by atoms with van der Waals surface area (Å²) in [4.78, 5) is 12.0. The molecule has 21 heavy (non-hydrogen) atoms. The van der Waals surface area contributed by atoms with E-state index >= 15 is 0 Å². The van der Waals surface area contributed by atoms with Crippen molar-refractivity contribution in [2.75, 3.05) is 5.32 Å². The van der Waals surface area contributed by atoms with Crippen LogP contribution in [-0.2, 0) is 4.79 Å². The highest BCUT2D eigenvalue weighted by molar-refractivity contribution is 5.93. The summed E-state index contributed by atoms with van der Waals surface area (Å²) in [5.74, 6) is 1.90. The molecule has 1 heterocycles. The second-order valence-corrected chi connectivity index (χ2v) is 5.30. The number of benzene rings is 1. The number of amides is 1. The number of nitrogens with zero attached hydrogens (tertiary/aromatic N) is 1. The van der Waals surface area contributed by atoms with E-state index < -0.39 is 6.10 Å². The van der Waals surface area contributed by atoms with Crippen LogP contribution >= 0.6 is 0 Å². The van der Waals surface area contributed by atoms with Crippen LogP contribution < -0.4 is 10.1 Å². The summed E-state index contributed by atoms with van der Waals surface area (Å²) in [7, 11) is 0. The predicted molar refractivity (Wildman–Crippen MR) is 80.5 cm³/mol. The number of carbonyl (C=O) groups is 1. The summed E-state index contributed by atoms with van der Waals surface area (Å²) in [6.07, 6.45) is -0.619. The Balaban J connectivity index is 1.93. The van der Waals surface area contributed by atoms with Crippen molar-refractivity contribution in [2.24, 2.45) is 0 Å². The molecule has 0 aliphatic heterocycles.